The lowest BCUT2D eigenvalue weighted by molar-refractivity contribution is 0.0665. The predicted molar refractivity (Wildman–Crippen MR) is 58.3 cm³/mol. The van der Waals surface area contributed by atoms with Crippen molar-refractivity contribution >= 4 is 5.96 Å². The summed E-state index contributed by atoms with van der Waals surface area (Å²) in [5.74, 6) is 1.21. The summed E-state index contributed by atoms with van der Waals surface area (Å²) in [6.45, 7) is 8.07. The van der Waals surface area contributed by atoms with Gasteiger partial charge in [0.1, 0.15) is 0 Å². The van der Waals surface area contributed by atoms with E-state index in [1.165, 1.54) is 0 Å². The van der Waals surface area contributed by atoms with Crippen molar-refractivity contribution in [3.63, 3.8) is 0 Å². The Labute approximate surface area is 90.7 Å². The highest BCUT2D eigenvalue weighted by atomic mass is 16.5. The fourth-order valence-corrected chi connectivity index (χ4v) is 1.34. The molecule has 0 aromatic rings. The summed E-state index contributed by atoms with van der Waals surface area (Å²) in [7, 11) is 0. The Morgan fingerprint density at radius 1 is 1.53 bits per heavy atom. The Morgan fingerprint density at radius 2 is 2.20 bits per heavy atom. The highest BCUT2D eigenvalue weighted by Gasteiger charge is 2.14. The summed E-state index contributed by atoms with van der Waals surface area (Å²) in [4.78, 5) is 5.85. The first-order valence-electron chi connectivity index (χ1n) is 5.27. The maximum atomic E-state index is 8.60. The molecule has 0 bridgehead atoms. The highest BCUT2D eigenvalue weighted by Crippen LogP contribution is 1.98. The van der Waals surface area contributed by atoms with Crippen LogP contribution in [0.4, 0.5) is 0 Å². The van der Waals surface area contributed by atoms with Crippen molar-refractivity contribution in [2.45, 2.75) is 13.8 Å². The molecule has 1 fully saturated rings. The van der Waals surface area contributed by atoms with Crippen LogP contribution in [0.5, 0.6) is 0 Å². The first kappa shape index (κ1) is 11.8. The lowest BCUT2D eigenvalue weighted by Gasteiger charge is -2.29. The van der Waals surface area contributed by atoms with E-state index in [2.05, 4.69) is 29.1 Å². The topological polar surface area (TPSA) is 60.7 Å². The second kappa shape index (κ2) is 6.25. The van der Waals surface area contributed by atoms with Gasteiger partial charge in [-0.25, -0.2) is 0 Å². The zero-order valence-corrected chi connectivity index (χ0v) is 9.36. The Bertz CT molecular complexity index is 251. The van der Waals surface area contributed by atoms with E-state index in [1.807, 2.05) is 6.19 Å². The van der Waals surface area contributed by atoms with Gasteiger partial charge in [-0.3, -0.25) is 0 Å². The molecule has 1 rings (SSSR count). The molecule has 1 N–H and O–H groups in total. The van der Waals surface area contributed by atoms with Crippen LogP contribution in [0.3, 0.4) is 0 Å². The summed E-state index contributed by atoms with van der Waals surface area (Å²) in [6, 6.07) is 0. The standard InChI is InChI=1S/C10H18N4O/c1-9(2)7-12-10(13-8-11)14-3-5-15-6-4-14/h9H,3-7H2,1-2H3,(H,12,13). The van der Waals surface area contributed by atoms with Gasteiger partial charge in [-0.05, 0) is 5.92 Å². The van der Waals surface area contributed by atoms with Gasteiger partial charge in [0.25, 0.3) is 0 Å². The van der Waals surface area contributed by atoms with Gasteiger partial charge in [-0.15, -0.1) is 4.99 Å². The molecule has 5 heteroatoms. The number of guanidine groups is 1. The van der Waals surface area contributed by atoms with Crippen molar-refractivity contribution in [1.29, 1.82) is 5.26 Å². The van der Waals surface area contributed by atoms with E-state index in [9.17, 15) is 0 Å². The quantitative estimate of drug-likeness (QED) is 0.407. The van der Waals surface area contributed by atoms with Gasteiger partial charge < -0.3 is 15.0 Å². The minimum atomic E-state index is 0.537. The highest BCUT2D eigenvalue weighted by molar-refractivity contribution is 5.80. The predicted octanol–water partition coefficient (Wildman–Crippen LogP) is 0.401. The fourth-order valence-electron chi connectivity index (χ4n) is 1.34. The third-order valence-electron chi connectivity index (χ3n) is 2.13. The molecule has 1 saturated heterocycles. The molecule has 0 amide bonds. The normalized spacial score (nSPS) is 17.7. The minimum absolute atomic E-state index is 0.537. The first-order valence-corrected chi connectivity index (χ1v) is 5.27. The average Bonchev–Trinajstić information content (AvgIpc) is 2.25. The molecule has 0 aliphatic carbocycles. The molecular formula is C10H18N4O. The monoisotopic (exact) mass is 210 g/mol. The number of hydrogen-bond donors (Lipinski definition) is 1. The number of aliphatic imine (C=N–C) groups is 1. The number of ether oxygens (including phenoxy) is 1. The van der Waals surface area contributed by atoms with Gasteiger partial charge >= 0.3 is 0 Å². The molecule has 84 valence electrons. The Kier molecular flexibility index (Phi) is 4.91. The van der Waals surface area contributed by atoms with Crippen LogP contribution in [0.1, 0.15) is 13.8 Å². The molecule has 15 heavy (non-hydrogen) atoms. The maximum Gasteiger partial charge on any atom is 0.210 e. The number of nitriles is 1. The van der Waals surface area contributed by atoms with E-state index in [4.69, 9.17) is 10.00 Å². The molecule has 0 unspecified atom stereocenters. The van der Waals surface area contributed by atoms with Crippen molar-refractivity contribution in [3.8, 4) is 6.19 Å². The van der Waals surface area contributed by atoms with E-state index in [0.717, 1.165) is 19.6 Å². The van der Waals surface area contributed by atoms with Crippen LogP contribution >= 0.6 is 0 Å². The van der Waals surface area contributed by atoms with Crippen LogP contribution in [0.2, 0.25) is 0 Å². The molecule has 1 heterocycles. The summed E-state index contributed by atoms with van der Waals surface area (Å²) in [5.41, 5.74) is 0. The third-order valence-corrected chi connectivity index (χ3v) is 2.13. The molecule has 1 aliphatic rings. The van der Waals surface area contributed by atoms with Crippen LogP contribution in [0, 0.1) is 17.4 Å². The van der Waals surface area contributed by atoms with Gasteiger partial charge in [0.15, 0.2) is 0 Å². The van der Waals surface area contributed by atoms with Gasteiger partial charge in [0, 0.05) is 19.6 Å². The lowest BCUT2D eigenvalue weighted by atomic mass is 10.2. The van der Waals surface area contributed by atoms with E-state index in [1.54, 1.807) is 0 Å². The minimum Gasteiger partial charge on any atom is -0.378 e. The van der Waals surface area contributed by atoms with Crippen molar-refractivity contribution in [2.24, 2.45) is 10.9 Å². The van der Waals surface area contributed by atoms with Crippen LogP contribution in [0.15, 0.2) is 4.99 Å². The number of nitrogens with zero attached hydrogens (tertiary/aromatic N) is 3. The molecule has 5 nitrogen and oxygen atoms in total. The number of hydrogen-bond acceptors (Lipinski definition) is 3. The zero-order valence-electron chi connectivity index (χ0n) is 9.36. The van der Waals surface area contributed by atoms with Crippen molar-refractivity contribution < 1.29 is 4.74 Å². The summed E-state index contributed by atoms with van der Waals surface area (Å²) in [6.07, 6.45) is 1.83. The Balaban J connectivity index is 2.49. The molecule has 0 aromatic carbocycles. The van der Waals surface area contributed by atoms with Gasteiger partial charge in [0.05, 0.1) is 13.2 Å². The smallest absolute Gasteiger partial charge is 0.210 e. The SMILES string of the molecule is CC(C)CN/C(=N/C#N)N1CCOCC1. The molecule has 0 aromatic heterocycles. The van der Waals surface area contributed by atoms with E-state index in [-0.39, 0.29) is 0 Å². The fraction of sp³-hybridized carbons (Fsp3) is 0.800. The maximum absolute atomic E-state index is 8.60. The molecule has 0 saturated carbocycles. The summed E-state index contributed by atoms with van der Waals surface area (Å²) >= 11 is 0. The van der Waals surface area contributed by atoms with Gasteiger partial charge in [-0.2, -0.15) is 5.26 Å². The second-order valence-electron chi connectivity index (χ2n) is 3.91. The van der Waals surface area contributed by atoms with Crippen molar-refractivity contribution in [2.75, 3.05) is 32.8 Å². The van der Waals surface area contributed by atoms with E-state index >= 15 is 0 Å². The number of morpholine rings is 1. The number of nitrogens with one attached hydrogen (secondary N) is 1. The van der Waals surface area contributed by atoms with Gasteiger partial charge in [-0.1, -0.05) is 13.8 Å². The Hall–Kier alpha value is -1.28. The summed E-state index contributed by atoms with van der Waals surface area (Å²) in [5, 5.41) is 11.8. The van der Waals surface area contributed by atoms with E-state index < -0.39 is 0 Å². The first-order chi connectivity index (χ1) is 7.24. The van der Waals surface area contributed by atoms with Crippen LogP contribution < -0.4 is 5.32 Å². The molecule has 0 atom stereocenters. The number of rotatable bonds is 2. The molecule has 0 spiro atoms. The molecular weight excluding hydrogens is 192 g/mol. The molecule has 0 radical (unpaired) electrons. The third kappa shape index (κ3) is 4.17. The zero-order chi connectivity index (χ0) is 11.1. The van der Waals surface area contributed by atoms with E-state index in [0.29, 0.717) is 25.1 Å². The van der Waals surface area contributed by atoms with Crippen LogP contribution in [-0.4, -0.2) is 43.7 Å². The van der Waals surface area contributed by atoms with Crippen molar-refractivity contribution in [1.82, 2.24) is 10.2 Å². The Morgan fingerprint density at radius 3 is 2.73 bits per heavy atom. The second-order valence-corrected chi connectivity index (χ2v) is 3.91. The average molecular weight is 210 g/mol. The van der Waals surface area contributed by atoms with Gasteiger partial charge in [0.2, 0.25) is 12.2 Å². The van der Waals surface area contributed by atoms with Crippen LogP contribution in [0.25, 0.3) is 0 Å². The molecule has 1 aliphatic heterocycles. The van der Waals surface area contributed by atoms with Crippen LogP contribution in [-0.2, 0) is 4.74 Å². The summed E-state index contributed by atoms with van der Waals surface area (Å²) < 4.78 is 5.25. The largest absolute Gasteiger partial charge is 0.378 e. The lowest BCUT2D eigenvalue weighted by Crippen LogP contribution is -2.47. The van der Waals surface area contributed by atoms with Crippen molar-refractivity contribution in [3.05, 3.63) is 0 Å².